The Kier molecular flexibility index (Phi) is 4.07. The summed E-state index contributed by atoms with van der Waals surface area (Å²) in [5.41, 5.74) is 0.140. The van der Waals surface area contributed by atoms with Gasteiger partial charge < -0.3 is 29.5 Å². The molecule has 3 fully saturated rings. The molecule has 0 aliphatic carbocycles. The maximum Gasteiger partial charge on any atom is 0.238 e. The van der Waals surface area contributed by atoms with Crippen LogP contribution in [-0.2, 0) is 9.47 Å². The first-order chi connectivity index (χ1) is 11.5. The minimum atomic E-state index is -1.33. The van der Waals surface area contributed by atoms with Gasteiger partial charge in [0.25, 0.3) is 0 Å². The van der Waals surface area contributed by atoms with Crippen LogP contribution in [0.25, 0.3) is 0 Å². The van der Waals surface area contributed by atoms with Crippen molar-refractivity contribution in [2.45, 2.75) is 37.6 Å². The first kappa shape index (κ1) is 16.0. The third-order valence-corrected chi connectivity index (χ3v) is 4.88. The molecule has 3 heterocycles. The Labute approximate surface area is 138 Å². The van der Waals surface area contributed by atoms with Crippen molar-refractivity contribution >= 4 is 11.4 Å². The van der Waals surface area contributed by atoms with Crippen LogP contribution in [0.4, 0.5) is 20.2 Å². The molecule has 8 heteroatoms. The summed E-state index contributed by atoms with van der Waals surface area (Å²) >= 11 is 0. The monoisotopic (exact) mass is 342 g/mol. The third-order valence-electron chi connectivity index (χ3n) is 4.88. The summed E-state index contributed by atoms with van der Waals surface area (Å²) in [6.45, 7) is 0.849. The van der Waals surface area contributed by atoms with Crippen LogP contribution >= 0.6 is 0 Å². The summed E-state index contributed by atoms with van der Waals surface area (Å²) in [4.78, 5) is 3.02. The molecule has 1 aromatic carbocycles. The van der Waals surface area contributed by atoms with Crippen LogP contribution in [0.1, 0.15) is 12.8 Å². The Balaban J connectivity index is 1.60. The van der Waals surface area contributed by atoms with Gasteiger partial charge in [-0.15, -0.1) is 0 Å². The highest BCUT2D eigenvalue weighted by Gasteiger charge is 2.37. The molecule has 3 saturated heterocycles. The highest BCUT2D eigenvalue weighted by Crippen LogP contribution is 2.35. The molecule has 2 bridgehead atoms. The quantitative estimate of drug-likeness (QED) is 0.847. The molecule has 0 amide bonds. The van der Waals surface area contributed by atoms with Gasteiger partial charge in [0.15, 0.2) is 11.6 Å². The van der Waals surface area contributed by atoms with Crippen LogP contribution < -0.4 is 9.80 Å². The molecule has 4 atom stereocenters. The van der Waals surface area contributed by atoms with Crippen LogP contribution in [-0.4, -0.2) is 61.2 Å². The van der Waals surface area contributed by atoms with Gasteiger partial charge in [-0.2, -0.15) is 0 Å². The van der Waals surface area contributed by atoms with E-state index in [2.05, 4.69) is 0 Å². The van der Waals surface area contributed by atoms with Crippen molar-refractivity contribution < 1.29 is 28.5 Å². The van der Waals surface area contributed by atoms with Crippen molar-refractivity contribution in [2.24, 2.45) is 0 Å². The summed E-state index contributed by atoms with van der Waals surface area (Å²) in [6.07, 6.45) is -0.0144. The summed E-state index contributed by atoms with van der Waals surface area (Å²) < 4.78 is 40.0. The van der Waals surface area contributed by atoms with Crippen LogP contribution in [0.5, 0.6) is 0 Å². The SMILES string of the molecule is OC[C@H]1CN(c2cc(F)c(N3CC4CCC(C3)O4)c(F)c2)C(O)O1. The largest absolute Gasteiger partial charge is 0.394 e. The number of ether oxygens (including phenoxy) is 2. The fourth-order valence-electron chi connectivity index (χ4n) is 3.75. The van der Waals surface area contributed by atoms with E-state index in [1.165, 1.54) is 17.0 Å². The number of hydrogen-bond acceptors (Lipinski definition) is 6. The fraction of sp³-hybridized carbons (Fsp3) is 0.625. The van der Waals surface area contributed by atoms with E-state index in [4.69, 9.17) is 14.6 Å². The number of anilines is 2. The first-order valence-electron chi connectivity index (χ1n) is 8.15. The van der Waals surface area contributed by atoms with Crippen LogP contribution in [0, 0.1) is 11.6 Å². The molecule has 1 aromatic rings. The van der Waals surface area contributed by atoms with Gasteiger partial charge in [-0.3, -0.25) is 0 Å². The summed E-state index contributed by atoms with van der Waals surface area (Å²) in [6, 6.07) is 2.39. The lowest BCUT2D eigenvalue weighted by Crippen LogP contribution is -2.43. The lowest BCUT2D eigenvalue weighted by molar-refractivity contribution is -0.0989. The van der Waals surface area contributed by atoms with Gasteiger partial charge in [-0.1, -0.05) is 0 Å². The molecule has 0 spiro atoms. The number of benzene rings is 1. The second kappa shape index (κ2) is 6.11. The molecular formula is C16H20F2N2O4. The zero-order valence-electron chi connectivity index (χ0n) is 13.1. The first-order valence-corrected chi connectivity index (χ1v) is 8.15. The third kappa shape index (κ3) is 2.73. The maximum atomic E-state index is 14.6. The molecule has 4 rings (SSSR count). The van der Waals surface area contributed by atoms with Crippen molar-refractivity contribution in [2.75, 3.05) is 36.0 Å². The Morgan fingerprint density at radius 1 is 1.04 bits per heavy atom. The lowest BCUT2D eigenvalue weighted by Gasteiger charge is -2.34. The minimum Gasteiger partial charge on any atom is -0.394 e. The molecule has 0 saturated carbocycles. The summed E-state index contributed by atoms with van der Waals surface area (Å²) in [5, 5.41) is 18.9. The van der Waals surface area contributed by atoms with Crippen LogP contribution in [0.15, 0.2) is 12.1 Å². The molecule has 24 heavy (non-hydrogen) atoms. The highest BCUT2D eigenvalue weighted by atomic mass is 19.1. The molecular weight excluding hydrogens is 322 g/mol. The molecule has 3 aliphatic heterocycles. The van der Waals surface area contributed by atoms with Crippen molar-refractivity contribution in [3.63, 3.8) is 0 Å². The van der Waals surface area contributed by atoms with E-state index in [0.717, 1.165) is 12.8 Å². The molecule has 3 aliphatic rings. The average molecular weight is 342 g/mol. The number of halogens is 2. The number of rotatable bonds is 3. The molecule has 0 radical (unpaired) electrons. The van der Waals surface area contributed by atoms with Crippen molar-refractivity contribution in [1.29, 1.82) is 0 Å². The Hall–Kier alpha value is -1.48. The Bertz CT molecular complexity index is 597. The Morgan fingerprint density at radius 3 is 2.21 bits per heavy atom. The molecule has 3 unspecified atom stereocenters. The lowest BCUT2D eigenvalue weighted by atomic mass is 10.2. The second-order valence-corrected chi connectivity index (χ2v) is 6.54. The highest BCUT2D eigenvalue weighted by molar-refractivity contribution is 5.59. The zero-order chi connectivity index (χ0) is 16.8. The number of nitrogens with zero attached hydrogens (tertiary/aromatic N) is 2. The van der Waals surface area contributed by atoms with E-state index in [9.17, 15) is 13.9 Å². The van der Waals surface area contributed by atoms with E-state index >= 15 is 0 Å². The van der Waals surface area contributed by atoms with E-state index < -0.39 is 24.2 Å². The van der Waals surface area contributed by atoms with Gasteiger partial charge in [-0.25, -0.2) is 8.78 Å². The van der Waals surface area contributed by atoms with Gasteiger partial charge in [0.05, 0.1) is 25.4 Å². The van der Waals surface area contributed by atoms with Crippen LogP contribution in [0.3, 0.4) is 0 Å². The van der Waals surface area contributed by atoms with Gasteiger partial charge in [0.2, 0.25) is 6.41 Å². The number of aliphatic hydroxyl groups is 2. The fourth-order valence-corrected chi connectivity index (χ4v) is 3.75. The van der Waals surface area contributed by atoms with E-state index in [1.54, 1.807) is 4.90 Å². The van der Waals surface area contributed by atoms with Gasteiger partial charge >= 0.3 is 0 Å². The standard InChI is InChI=1S/C16H20F2N2O4/c17-13-3-9(20-7-12(8-21)24-16(20)22)4-14(18)15(13)19-5-10-1-2-11(6-19)23-10/h3-4,10-12,16,21-22H,1-2,5-8H2/t10?,11?,12-,16?/m1/s1. The topological polar surface area (TPSA) is 65.4 Å². The van der Waals surface area contributed by atoms with E-state index in [-0.39, 0.29) is 36.7 Å². The number of hydrogen-bond donors (Lipinski definition) is 2. The molecule has 0 aromatic heterocycles. The molecule has 6 nitrogen and oxygen atoms in total. The summed E-state index contributed by atoms with van der Waals surface area (Å²) in [5.74, 6) is -1.35. The maximum absolute atomic E-state index is 14.6. The minimum absolute atomic E-state index is 0.0290. The van der Waals surface area contributed by atoms with Crippen LogP contribution in [0.2, 0.25) is 0 Å². The van der Waals surface area contributed by atoms with Crippen molar-refractivity contribution in [1.82, 2.24) is 0 Å². The number of fused-ring (bicyclic) bond motifs is 2. The predicted molar refractivity (Wildman–Crippen MR) is 81.8 cm³/mol. The number of morpholine rings is 1. The molecule has 2 N–H and O–H groups in total. The molecule has 132 valence electrons. The summed E-state index contributed by atoms with van der Waals surface area (Å²) in [7, 11) is 0. The van der Waals surface area contributed by atoms with Crippen molar-refractivity contribution in [3.8, 4) is 0 Å². The normalized spacial score (nSPS) is 32.7. The smallest absolute Gasteiger partial charge is 0.238 e. The zero-order valence-corrected chi connectivity index (χ0v) is 13.1. The van der Waals surface area contributed by atoms with E-state index in [0.29, 0.717) is 13.1 Å². The van der Waals surface area contributed by atoms with Gasteiger partial charge in [0, 0.05) is 18.8 Å². The second-order valence-electron chi connectivity index (χ2n) is 6.54. The van der Waals surface area contributed by atoms with Gasteiger partial charge in [-0.05, 0) is 25.0 Å². The predicted octanol–water partition coefficient (Wildman–Crippen LogP) is 0.806. The Morgan fingerprint density at radius 2 is 1.67 bits per heavy atom. The van der Waals surface area contributed by atoms with Crippen molar-refractivity contribution in [3.05, 3.63) is 23.8 Å². The average Bonchev–Trinajstić information content (AvgIpc) is 3.08. The van der Waals surface area contributed by atoms with E-state index in [1.807, 2.05) is 0 Å². The number of aliphatic hydroxyl groups excluding tert-OH is 2. The van der Waals surface area contributed by atoms with Gasteiger partial charge in [0.1, 0.15) is 11.8 Å².